The summed E-state index contributed by atoms with van der Waals surface area (Å²) in [5.41, 5.74) is 7.62. The maximum absolute atomic E-state index is 12.9. The molecule has 3 heteroatoms. The number of halogens is 1. The second-order valence-electron chi connectivity index (χ2n) is 7.10. The van der Waals surface area contributed by atoms with Gasteiger partial charge in [0.25, 0.3) is 0 Å². The van der Waals surface area contributed by atoms with Crippen LogP contribution in [0.1, 0.15) is 45.2 Å². The Hall–Kier alpha value is -0.930. The summed E-state index contributed by atoms with van der Waals surface area (Å²) in [4.78, 5) is 2.51. The lowest BCUT2D eigenvalue weighted by Crippen LogP contribution is -2.28. The first kappa shape index (κ1) is 15.5. The van der Waals surface area contributed by atoms with Gasteiger partial charge in [0.05, 0.1) is 0 Å². The van der Waals surface area contributed by atoms with Crippen LogP contribution in [0.5, 0.6) is 0 Å². The van der Waals surface area contributed by atoms with E-state index in [-0.39, 0.29) is 11.9 Å². The molecule has 20 heavy (non-hydrogen) atoms. The highest BCUT2D eigenvalue weighted by Crippen LogP contribution is 2.33. The molecule has 0 spiro atoms. The minimum absolute atomic E-state index is 0.00397. The lowest BCUT2D eigenvalue weighted by Gasteiger charge is -2.27. The van der Waals surface area contributed by atoms with E-state index in [0.29, 0.717) is 5.41 Å². The maximum Gasteiger partial charge on any atom is 0.123 e. The van der Waals surface area contributed by atoms with Crippen LogP contribution in [0.25, 0.3) is 0 Å². The first-order chi connectivity index (χ1) is 9.36. The standard InChI is InChI=1S/C17H27FN2/c1-17(2,3)14-8-10-20(12-14)11-9-16(19)13-4-6-15(18)7-5-13/h4-7,14,16H,8-12,19H2,1-3H3. The van der Waals surface area contributed by atoms with Gasteiger partial charge < -0.3 is 10.6 Å². The van der Waals surface area contributed by atoms with Crippen molar-refractivity contribution in [3.05, 3.63) is 35.6 Å². The Balaban J connectivity index is 1.80. The Morgan fingerprint density at radius 3 is 2.50 bits per heavy atom. The number of hydrogen-bond donors (Lipinski definition) is 1. The smallest absolute Gasteiger partial charge is 0.123 e. The van der Waals surface area contributed by atoms with Crippen LogP contribution in [0.2, 0.25) is 0 Å². The highest BCUT2D eigenvalue weighted by molar-refractivity contribution is 5.19. The normalized spacial score (nSPS) is 22.1. The molecule has 2 rings (SSSR count). The molecule has 1 aromatic rings. The minimum atomic E-state index is -0.200. The molecule has 1 aliphatic heterocycles. The lowest BCUT2D eigenvalue weighted by molar-refractivity contribution is 0.226. The molecule has 1 fully saturated rings. The van der Waals surface area contributed by atoms with Gasteiger partial charge in [-0.2, -0.15) is 0 Å². The van der Waals surface area contributed by atoms with E-state index in [1.54, 1.807) is 12.1 Å². The number of hydrogen-bond acceptors (Lipinski definition) is 2. The molecule has 112 valence electrons. The van der Waals surface area contributed by atoms with Crippen LogP contribution >= 0.6 is 0 Å². The molecule has 1 aliphatic rings. The third-order valence-electron chi connectivity index (χ3n) is 4.55. The zero-order valence-corrected chi connectivity index (χ0v) is 12.9. The van der Waals surface area contributed by atoms with Gasteiger partial charge in [-0.25, -0.2) is 4.39 Å². The predicted octanol–water partition coefficient (Wildman–Crippen LogP) is 3.58. The van der Waals surface area contributed by atoms with Gasteiger partial charge in [0.2, 0.25) is 0 Å². The van der Waals surface area contributed by atoms with Gasteiger partial charge in [-0.15, -0.1) is 0 Å². The molecular weight excluding hydrogens is 251 g/mol. The summed E-state index contributed by atoms with van der Waals surface area (Å²) >= 11 is 0. The van der Waals surface area contributed by atoms with Gasteiger partial charge in [-0.05, 0) is 55.0 Å². The summed E-state index contributed by atoms with van der Waals surface area (Å²) in [6, 6.07) is 6.56. The fourth-order valence-corrected chi connectivity index (χ4v) is 2.94. The zero-order chi connectivity index (χ0) is 14.8. The molecule has 1 heterocycles. The summed E-state index contributed by atoms with van der Waals surface area (Å²) in [5, 5.41) is 0. The van der Waals surface area contributed by atoms with Gasteiger partial charge in [0, 0.05) is 12.6 Å². The van der Waals surface area contributed by atoms with E-state index in [2.05, 4.69) is 25.7 Å². The molecule has 2 nitrogen and oxygen atoms in total. The Morgan fingerprint density at radius 2 is 1.95 bits per heavy atom. The van der Waals surface area contributed by atoms with Crippen molar-refractivity contribution in [2.45, 2.75) is 39.7 Å². The summed E-state index contributed by atoms with van der Waals surface area (Å²) < 4.78 is 12.9. The molecule has 0 saturated carbocycles. The lowest BCUT2D eigenvalue weighted by atomic mass is 9.80. The second-order valence-corrected chi connectivity index (χ2v) is 7.10. The van der Waals surface area contributed by atoms with Crippen LogP contribution in [0.3, 0.4) is 0 Å². The molecule has 0 aromatic heterocycles. The highest BCUT2D eigenvalue weighted by atomic mass is 19.1. The number of likely N-dealkylation sites (tertiary alicyclic amines) is 1. The Bertz CT molecular complexity index is 422. The summed E-state index contributed by atoms with van der Waals surface area (Å²) in [5.74, 6) is 0.582. The molecule has 2 unspecified atom stereocenters. The number of nitrogens with two attached hydrogens (primary N) is 1. The van der Waals surface area contributed by atoms with Gasteiger partial charge in [-0.1, -0.05) is 32.9 Å². The SMILES string of the molecule is CC(C)(C)C1CCN(CCC(N)c2ccc(F)cc2)C1. The summed E-state index contributed by atoms with van der Waals surface area (Å²) in [6.45, 7) is 10.4. The summed E-state index contributed by atoms with van der Waals surface area (Å²) in [6.07, 6.45) is 2.22. The number of rotatable bonds is 4. The molecule has 0 aliphatic carbocycles. The monoisotopic (exact) mass is 278 g/mol. The van der Waals surface area contributed by atoms with Gasteiger partial charge >= 0.3 is 0 Å². The zero-order valence-electron chi connectivity index (χ0n) is 12.9. The second kappa shape index (κ2) is 6.23. The Morgan fingerprint density at radius 1 is 1.30 bits per heavy atom. The van der Waals surface area contributed by atoms with Crippen molar-refractivity contribution in [2.24, 2.45) is 17.1 Å². The van der Waals surface area contributed by atoms with E-state index in [9.17, 15) is 4.39 Å². The summed E-state index contributed by atoms with van der Waals surface area (Å²) in [7, 11) is 0. The fraction of sp³-hybridized carbons (Fsp3) is 0.647. The number of benzene rings is 1. The third-order valence-corrected chi connectivity index (χ3v) is 4.55. The molecule has 1 aromatic carbocycles. The van der Waals surface area contributed by atoms with Crippen LogP contribution < -0.4 is 5.73 Å². The first-order valence-electron chi connectivity index (χ1n) is 7.59. The molecule has 0 bridgehead atoms. The molecule has 1 saturated heterocycles. The van der Waals surface area contributed by atoms with E-state index in [1.165, 1.54) is 31.6 Å². The van der Waals surface area contributed by atoms with E-state index in [1.807, 2.05) is 0 Å². The van der Waals surface area contributed by atoms with Crippen molar-refractivity contribution < 1.29 is 4.39 Å². The van der Waals surface area contributed by atoms with Crippen LogP contribution in [0.15, 0.2) is 24.3 Å². The van der Waals surface area contributed by atoms with Crippen molar-refractivity contribution in [1.29, 1.82) is 0 Å². The van der Waals surface area contributed by atoms with Crippen LogP contribution in [-0.2, 0) is 0 Å². The molecule has 2 atom stereocenters. The van der Waals surface area contributed by atoms with Crippen LogP contribution in [0.4, 0.5) is 4.39 Å². The Kier molecular flexibility index (Phi) is 4.82. The van der Waals surface area contributed by atoms with E-state index >= 15 is 0 Å². The maximum atomic E-state index is 12.9. The van der Waals surface area contributed by atoms with E-state index < -0.39 is 0 Å². The first-order valence-corrected chi connectivity index (χ1v) is 7.59. The quantitative estimate of drug-likeness (QED) is 0.912. The van der Waals surface area contributed by atoms with Gasteiger partial charge in [0.1, 0.15) is 5.82 Å². The predicted molar refractivity (Wildman–Crippen MR) is 81.9 cm³/mol. The number of nitrogens with zero attached hydrogens (tertiary/aromatic N) is 1. The average Bonchev–Trinajstić information content (AvgIpc) is 2.85. The third kappa shape index (κ3) is 4.03. The van der Waals surface area contributed by atoms with Crippen LogP contribution in [0, 0.1) is 17.2 Å². The largest absolute Gasteiger partial charge is 0.324 e. The highest BCUT2D eigenvalue weighted by Gasteiger charge is 2.31. The fourth-order valence-electron chi connectivity index (χ4n) is 2.94. The van der Waals surface area contributed by atoms with E-state index in [0.717, 1.165) is 24.4 Å². The van der Waals surface area contributed by atoms with Crippen molar-refractivity contribution in [1.82, 2.24) is 4.90 Å². The molecule has 2 N–H and O–H groups in total. The van der Waals surface area contributed by atoms with Crippen LogP contribution in [-0.4, -0.2) is 24.5 Å². The van der Waals surface area contributed by atoms with Gasteiger partial charge in [-0.3, -0.25) is 0 Å². The van der Waals surface area contributed by atoms with Crippen molar-refractivity contribution in [2.75, 3.05) is 19.6 Å². The molecule has 0 amide bonds. The van der Waals surface area contributed by atoms with Crippen molar-refractivity contribution in [3.63, 3.8) is 0 Å². The Labute approximate surface area is 122 Å². The molecular formula is C17H27FN2. The molecule has 0 radical (unpaired) electrons. The van der Waals surface area contributed by atoms with Crippen molar-refractivity contribution >= 4 is 0 Å². The van der Waals surface area contributed by atoms with Crippen molar-refractivity contribution in [3.8, 4) is 0 Å². The average molecular weight is 278 g/mol. The van der Waals surface area contributed by atoms with Gasteiger partial charge in [0.15, 0.2) is 0 Å². The topological polar surface area (TPSA) is 29.3 Å². The van der Waals surface area contributed by atoms with E-state index in [4.69, 9.17) is 5.73 Å². The minimum Gasteiger partial charge on any atom is -0.324 e.